The maximum absolute atomic E-state index is 12.1. The van der Waals surface area contributed by atoms with Crippen LogP contribution < -0.4 is 14.8 Å². The van der Waals surface area contributed by atoms with Crippen LogP contribution in [0, 0.1) is 0 Å². The topological polar surface area (TPSA) is 56.8 Å². The molecule has 118 valence electrons. The molecule has 0 aliphatic rings. The highest BCUT2D eigenvalue weighted by Crippen LogP contribution is 2.29. The summed E-state index contributed by atoms with van der Waals surface area (Å²) in [5.74, 6) is 1.02. The van der Waals surface area contributed by atoms with Crippen molar-refractivity contribution in [1.29, 1.82) is 0 Å². The minimum absolute atomic E-state index is 0.161. The maximum atomic E-state index is 12.1. The Hall–Kier alpha value is -1.75. The van der Waals surface area contributed by atoms with Crippen LogP contribution in [0.25, 0.3) is 0 Å². The fourth-order valence-electron chi connectivity index (χ4n) is 2.44. The molecule has 0 aromatic heterocycles. The predicted octanol–water partition coefficient (Wildman–Crippen LogP) is 2.18. The van der Waals surface area contributed by atoms with Crippen molar-refractivity contribution >= 4 is 5.97 Å². The van der Waals surface area contributed by atoms with E-state index in [1.807, 2.05) is 39.0 Å². The van der Waals surface area contributed by atoms with Crippen LogP contribution in [-0.2, 0) is 16.0 Å². The Bertz CT molecular complexity index is 487. The molecular weight excluding hydrogens is 270 g/mol. The van der Waals surface area contributed by atoms with Gasteiger partial charge in [0.1, 0.15) is 5.54 Å². The SMILES string of the molecule is COC(=O)C(C)(Cc1ccc(OC)c(OC)c1)NC(C)C. The quantitative estimate of drug-likeness (QED) is 0.781. The zero-order valence-electron chi connectivity index (χ0n) is 13.6. The summed E-state index contributed by atoms with van der Waals surface area (Å²) in [7, 11) is 4.58. The molecule has 0 radical (unpaired) electrons. The van der Waals surface area contributed by atoms with Crippen molar-refractivity contribution in [3.05, 3.63) is 23.8 Å². The average molecular weight is 295 g/mol. The van der Waals surface area contributed by atoms with Crippen LogP contribution in [0.3, 0.4) is 0 Å². The van der Waals surface area contributed by atoms with Gasteiger partial charge in [-0.25, -0.2) is 0 Å². The zero-order chi connectivity index (χ0) is 16.0. The van der Waals surface area contributed by atoms with E-state index in [2.05, 4.69) is 5.32 Å². The highest BCUT2D eigenvalue weighted by atomic mass is 16.5. The van der Waals surface area contributed by atoms with E-state index in [0.29, 0.717) is 17.9 Å². The van der Waals surface area contributed by atoms with E-state index in [-0.39, 0.29) is 12.0 Å². The van der Waals surface area contributed by atoms with E-state index in [1.54, 1.807) is 14.2 Å². The number of ether oxygens (including phenoxy) is 3. The van der Waals surface area contributed by atoms with Crippen molar-refractivity contribution in [2.24, 2.45) is 0 Å². The number of hydrogen-bond acceptors (Lipinski definition) is 5. The second kappa shape index (κ2) is 7.31. The molecule has 0 aliphatic heterocycles. The van der Waals surface area contributed by atoms with Crippen LogP contribution in [-0.4, -0.2) is 38.9 Å². The number of esters is 1. The van der Waals surface area contributed by atoms with Crippen molar-refractivity contribution in [2.45, 2.75) is 38.8 Å². The van der Waals surface area contributed by atoms with Crippen molar-refractivity contribution < 1.29 is 19.0 Å². The normalized spacial score (nSPS) is 13.7. The average Bonchev–Trinajstić information content (AvgIpc) is 2.45. The summed E-state index contributed by atoms with van der Waals surface area (Å²) in [6, 6.07) is 5.79. The largest absolute Gasteiger partial charge is 0.493 e. The van der Waals surface area contributed by atoms with Crippen molar-refractivity contribution in [1.82, 2.24) is 5.32 Å². The Morgan fingerprint density at radius 1 is 1.19 bits per heavy atom. The van der Waals surface area contributed by atoms with Crippen LogP contribution in [0.15, 0.2) is 18.2 Å². The standard InChI is InChI=1S/C16H25NO4/c1-11(2)17-16(3,15(18)21-6)10-12-7-8-13(19-4)14(9-12)20-5/h7-9,11,17H,10H2,1-6H3. The Kier molecular flexibility index (Phi) is 6.03. The number of benzene rings is 1. The smallest absolute Gasteiger partial charge is 0.326 e. The number of nitrogens with one attached hydrogen (secondary N) is 1. The van der Waals surface area contributed by atoms with Gasteiger partial charge in [-0.2, -0.15) is 0 Å². The molecule has 1 N–H and O–H groups in total. The molecule has 0 spiro atoms. The fraction of sp³-hybridized carbons (Fsp3) is 0.562. The third-order valence-electron chi connectivity index (χ3n) is 3.25. The molecule has 1 atom stereocenters. The lowest BCUT2D eigenvalue weighted by atomic mass is 9.91. The molecule has 0 amide bonds. The Morgan fingerprint density at radius 3 is 2.29 bits per heavy atom. The molecule has 0 saturated carbocycles. The number of carbonyl (C=O) groups is 1. The molecular formula is C16H25NO4. The van der Waals surface area contributed by atoms with E-state index in [9.17, 15) is 4.79 Å². The second-order valence-electron chi connectivity index (χ2n) is 5.49. The van der Waals surface area contributed by atoms with Crippen LogP contribution >= 0.6 is 0 Å². The van der Waals surface area contributed by atoms with Gasteiger partial charge < -0.3 is 14.2 Å². The summed E-state index contributed by atoms with van der Waals surface area (Å²) >= 11 is 0. The van der Waals surface area contributed by atoms with Crippen LogP contribution in [0.5, 0.6) is 11.5 Å². The lowest BCUT2D eigenvalue weighted by Crippen LogP contribution is -2.54. The lowest BCUT2D eigenvalue weighted by Gasteiger charge is -2.30. The maximum Gasteiger partial charge on any atom is 0.326 e. The predicted molar refractivity (Wildman–Crippen MR) is 81.9 cm³/mol. The Morgan fingerprint density at radius 2 is 1.81 bits per heavy atom. The van der Waals surface area contributed by atoms with E-state index >= 15 is 0 Å². The van der Waals surface area contributed by atoms with Gasteiger partial charge in [-0.05, 0) is 38.5 Å². The first kappa shape index (κ1) is 17.3. The summed E-state index contributed by atoms with van der Waals surface area (Å²) in [6.45, 7) is 5.83. The number of hydrogen-bond donors (Lipinski definition) is 1. The van der Waals surface area contributed by atoms with Gasteiger partial charge in [0.15, 0.2) is 11.5 Å². The van der Waals surface area contributed by atoms with Crippen LogP contribution in [0.4, 0.5) is 0 Å². The Labute approximate surface area is 126 Å². The van der Waals surface area contributed by atoms with Gasteiger partial charge in [0.25, 0.3) is 0 Å². The molecule has 5 nitrogen and oxygen atoms in total. The molecule has 0 heterocycles. The second-order valence-corrected chi connectivity index (χ2v) is 5.49. The third kappa shape index (κ3) is 4.36. The first-order valence-corrected chi connectivity index (χ1v) is 6.93. The van der Waals surface area contributed by atoms with Gasteiger partial charge in [-0.1, -0.05) is 6.07 Å². The highest BCUT2D eigenvalue weighted by Gasteiger charge is 2.35. The monoisotopic (exact) mass is 295 g/mol. The fourth-order valence-corrected chi connectivity index (χ4v) is 2.44. The zero-order valence-corrected chi connectivity index (χ0v) is 13.6. The lowest BCUT2D eigenvalue weighted by molar-refractivity contribution is -0.148. The molecule has 1 aromatic rings. The molecule has 1 rings (SSSR count). The van der Waals surface area contributed by atoms with Crippen LogP contribution in [0.1, 0.15) is 26.3 Å². The Balaban J connectivity index is 3.06. The van der Waals surface area contributed by atoms with Gasteiger partial charge in [0, 0.05) is 12.5 Å². The van der Waals surface area contributed by atoms with Gasteiger partial charge in [0.05, 0.1) is 21.3 Å². The number of rotatable bonds is 7. The summed E-state index contributed by atoms with van der Waals surface area (Å²) in [6.07, 6.45) is 0.498. The summed E-state index contributed by atoms with van der Waals surface area (Å²) < 4.78 is 15.5. The summed E-state index contributed by atoms with van der Waals surface area (Å²) in [5, 5.41) is 3.27. The van der Waals surface area contributed by atoms with E-state index in [1.165, 1.54) is 7.11 Å². The molecule has 0 aliphatic carbocycles. The number of carbonyl (C=O) groups excluding carboxylic acids is 1. The number of methoxy groups -OCH3 is 3. The summed E-state index contributed by atoms with van der Waals surface area (Å²) in [4.78, 5) is 12.1. The molecule has 0 saturated heterocycles. The van der Waals surface area contributed by atoms with Crippen molar-refractivity contribution in [3.8, 4) is 11.5 Å². The van der Waals surface area contributed by atoms with Crippen LogP contribution in [0.2, 0.25) is 0 Å². The third-order valence-corrected chi connectivity index (χ3v) is 3.25. The van der Waals surface area contributed by atoms with Gasteiger partial charge in [-0.15, -0.1) is 0 Å². The first-order chi connectivity index (χ1) is 9.86. The summed E-state index contributed by atoms with van der Waals surface area (Å²) in [5.41, 5.74) is 0.177. The molecule has 1 unspecified atom stereocenters. The van der Waals surface area contributed by atoms with Gasteiger partial charge in [-0.3, -0.25) is 10.1 Å². The van der Waals surface area contributed by atoms with E-state index < -0.39 is 5.54 Å². The van der Waals surface area contributed by atoms with E-state index in [0.717, 1.165) is 5.56 Å². The highest BCUT2D eigenvalue weighted by molar-refractivity contribution is 5.80. The van der Waals surface area contributed by atoms with Gasteiger partial charge in [0.2, 0.25) is 0 Å². The molecule has 21 heavy (non-hydrogen) atoms. The molecule has 0 bridgehead atoms. The van der Waals surface area contributed by atoms with Crippen molar-refractivity contribution in [2.75, 3.05) is 21.3 Å². The molecule has 5 heteroatoms. The molecule has 1 aromatic carbocycles. The first-order valence-electron chi connectivity index (χ1n) is 6.93. The van der Waals surface area contributed by atoms with Gasteiger partial charge >= 0.3 is 5.97 Å². The molecule has 0 fully saturated rings. The van der Waals surface area contributed by atoms with E-state index in [4.69, 9.17) is 14.2 Å². The van der Waals surface area contributed by atoms with Crippen molar-refractivity contribution in [3.63, 3.8) is 0 Å². The minimum atomic E-state index is -0.789. The minimum Gasteiger partial charge on any atom is -0.493 e.